The molecule has 0 unspecified atom stereocenters. The van der Waals surface area contributed by atoms with Gasteiger partial charge in [-0.05, 0) is 70.9 Å². The van der Waals surface area contributed by atoms with E-state index in [1.165, 1.54) is 0 Å². The van der Waals surface area contributed by atoms with Crippen LogP contribution in [0.2, 0.25) is 5.02 Å². The van der Waals surface area contributed by atoms with Crippen LogP contribution < -0.4 is 15.6 Å². The summed E-state index contributed by atoms with van der Waals surface area (Å²) in [6, 6.07) is 18.6. The van der Waals surface area contributed by atoms with E-state index in [1.54, 1.807) is 35.9 Å². The first-order valence-electron chi connectivity index (χ1n) is 9.78. The molecule has 0 fully saturated rings. The third-order valence-corrected chi connectivity index (χ3v) is 6.13. The lowest BCUT2D eigenvalue weighted by Crippen LogP contribution is -2.22. The molecule has 0 bridgehead atoms. The number of hydrogen-bond donors (Lipinski definition) is 1. The van der Waals surface area contributed by atoms with E-state index < -0.39 is 0 Å². The van der Waals surface area contributed by atoms with Crippen molar-refractivity contribution in [2.45, 2.75) is 13.3 Å². The summed E-state index contributed by atoms with van der Waals surface area (Å²) in [5.41, 5.74) is 2.97. The Morgan fingerprint density at radius 1 is 1.19 bits per heavy atom. The summed E-state index contributed by atoms with van der Waals surface area (Å²) in [5, 5.41) is 4.38. The molecule has 0 aliphatic carbocycles. The van der Waals surface area contributed by atoms with Crippen molar-refractivity contribution in [3.63, 3.8) is 0 Å². The van der Waals surface area contributed by atoms with Gasteiger partial charge < -0.3 is 10.1 Å². The largest absolute Gasteiger partial charge is 0.494 e. The van der Waals surface area contributed by atoms with E-state index in [2.05, 4.69) is 26.2 Å². The van der Waals surface area contributed by atoms with Crippen LogP contribution in [0.1, 0.15) is 11.4 Å². The lowest BCUT2D eigenvalue weighted by molar-refractivity contribution is 0.418. The Morgan fingerprint density at radius 2 is 1.97 bits per heavy atom. The molecular weight excluding hydrogens is 510 g/mol. The minimum absolute atomic E-state index is 0.144. The van der Waals surface area contributed by atoms with Crippen LogP contribution in [0.5, 0.6) is 5.75 Å². The second-order valence-corrected chi connectivity index (χ2v) is 8.96. The van der Waals surface area contributed by atoms with E-state index in [1.807, 2.05) is 43.3 Å². The van der Waals surface area contributed by atoms with Gasteiger partial charge in [0.2, 0.25) is 0 Å². The number of nitrogens with zero attached hydrogens (tertiary/aromatic N) is 2. The lowest BCUT2D eigenvalue weighted by Gasteiger charge is -2.14. The maximum absolute atomic E-state index is 13.3. The lowest BCUT2D eigenvalue weighted by atomic mass is 10.1. The van der Waals surface area contributed by atoms with Gasteiger partial charge in [-0.25, -0.2) is 4.98 Å². The van der Waals surface area contributed by atoms with Gasteiger partial charge in [0.1, 0.15) is 17.1 Å². The topological polar surface area (TPSA) is 56.1 Å². The van der Waals surface area contributed by atoms with Crippen LogP contribution in [0.3, 0.4) is 0 Å². The molecule has 5 nitrogen and oxygen atoms in total. The first-order valence-corrected chi connectivity index (χ1v) is 11.4. The van der Waals surface area contributed by atoms with Crippen molar-refractivity contribution in [1.29, 1.82) is 0 Å². The fourth-order valence-electron chi connectivity index (χ4n) is 3.53. The van der Waals surface area contributed by atoms with E-state index in [0.29, 0.717) is 38.9 Å². The van der Waals surface area contributed by atoms with E-state index in [0.717, 1.165) is 21.4 Å². The molecule has 0 amide bonds. The predicted octanol–water partition coefficient (Wildman–Crippen LogP) is 6.10. The van der Waals surface area contributed by atoms with E-state index in [9.17, 15) is 4.79 Å². The fraction of sp³-hybridized carbons (Fsp3) is 0.125. The number of halogens is 2. The van der Waals surface area contributed by atoms with Crippen LogP contribution in [0.25, 0.3) is 16.6 Å². The minimum atomic E-state index is -0.144. The summed E-state index contributed by atoms with van der Waals surface area (Å²) < 4.78 is 7.81. The molecule has 0 spiro atoms. The van der Waals surface area contributed by atoms with Crippen LogP contribution in [0.15, 0.2) is 69.9 Å². The number of aromatic nitrogens is 2. The third kappa shape index (κ3) is 4.55. The molecule has 0 saturated carbocycles. The minimum Gasteiger partial charge on any atom is -0.494 e. The third-order valence-electron chi connectivity index (χ3n) is 4.99. The molecule has 0 aliphatic rings. The predicted molar refractivity (Wildman–Crippen MR) is 138 cm³/mol. The molecule has 0 aliphatic heterocycles. The smallest absolute Gasteiger partial charge is 0.266 e. The highest BCUT2D eigenvalue weighted by molar-refractivity contribution is 9.10. The molecule has 0 atom stereocenters. The molecule has 32 heavy (non-hydrogen) atoms. The first-order chi connectivity index (χ1) is 15.4. The Balaban J connectivity index is 1.65. The number of thiocarbonyl (C=S) groups is 1. The van der Waals surface area contributed by atoms with Crippen molar-refractivity contribution in [2.75, 3.05) is 12.4 Å². The molecule has 4 aromatic rings. The summed E-state index contributed by atoms with van der Waals surface area (Å²) in [5.74, 6) is 1.16. The number of ether oxygens (including phenoxy) is 1. The number of nitrogens with one attached hydrogen (secondary N) is 1. The Kier molecular flexibility index (Phi) is 6.60. The monoisotopic (exact) mass is 527 g/mol. The van der Waals surface area contributed by atoms with Gasteiger partial charge in [-0.3, -0.25) is 9.36 Å². The zero-order valence-corrected chi connectivity index (χ0v) is 20.5. The number of aryl methyl sites for hydroxylation is 1. The summed E-state index contributed by atoms with van der Waals surface area (Å²) in [7, 11) is 1.57. The number of methoxy groups -OCH3 is 1. The van der Waals surface area contributed by atoms with Crippen molar-refractivity contribution < 1.29 is 4.74 Å². The van der Waals surface area contributed by atoms with E-state index in [4.69, 9.17) is 28.6 Å². The Labute approximate surface area is 204 Å². The molecular formula is C24H19BrClN3O2S. The SMILES string of the molecule is COc1cccc2c(=O)n(-c3cccc(CC(=S)Nc4ccc(Cl)cc4Br)c3)c(C)nc12. The molecule has 0 saturated heterocycles. The van der Waals surface area contributed by atoms with Crippen LogP contribution in [-0.2, 0) is 6.42 Å². The van der Waals surface area contributed by atoms with Crippen LogP contribution in [0.4, 0.5) is 5.69 Å². The number of hydrogen-bond acceptors (Lipinski definition) is 4. The van der Waals surface area contributed by atoms with Crippen LogP contribution in [0, 0.1) is 6.92 Å². The number of rotatable bonds is 5. The van der Waals surface area contributed by atoms with Crippen molar-refractivity contribution >= 4 is 61.3 Å². The maximum Gasteiger partial charge on any atom is 0.266 e. The zero-order chi connectivity index (χ0) is 22.8. The van der Waals surface area contributed by atoms with Gasteiger partial charge in [-0.15, -0.1) is 0 Å². The zero-order valence-electron chi connectivity index (χ0n) is 17.4. The standard InChI is InChI=1S/C24H19BrClN3O2S/c1-14-27-23-18(7-4-8-21(23)31-2)24(30)29(14)17-6-3-5-15(11-17)12-22(32)28-20-10-9-16(26)13-19(20)25/h3-11,13H,12H2,1-2H3,(H,28,32). The van der Waals surface area contributed by atoms with Crippen molar-refractivity contribution in [3.05, 3.63) is 91.9 Å². The highest BCUT2D eigenvalue weighted by atomic mass is 79.9. The summed E-state index contributed by atoms with van der Waals surface area (Å²) in [6.45, 7) is 1.81. The highest BCUT2D eigenvalue weighted by Gasteiger charge is 2.13. The van der Waals surface area contributed by atoms with Gasteiger partial charge in [0.25, 0.3) is 5.56 Å². The molecule has 1 N–H and O–H groups in total. The van der Waals surface area contributed by atoms with Crippen LogP contribution in [-0.4, -0.2) is 21.6 Å². The van der Waals surface area contributed by atoms with Gasteiger partial charge in [-0.1, -0.05) is 42.0 Å². The molecule has 4 rings (SSSR count). The number of benzene rings is 3. The second-order valence-electron chi connectivity index (χ2n) is 7.18. The normalized spacial score (nSPS) is 10.9. The van der Waals surface area contributed by atoms with Gasteiger partial charge in [0.15, 0.2) is 0 Å². The Hall–Kier alpha value is -2.74. The fourth-order valence-corrected chi connectivity index (χ4v) is 4.59. The van der Waals surface area contributed by atoms with Gasteiger partial charge in [0.05, 0.1) is 28.9 Å². The van der Waals surface area contributed by atoms with Gasteiger partial charge >= 0.3 is 0 Å². The Bertz CT molecular complexity index is 1400. The second kappa shape index (κ2) is 9.40. The van der Waals surface area contributed by atoms with Gasteiger partial charge in [0, 0.05) is 15.9 Å². The van der Waals surface area contributed by atoms with E-state index in [-0.39, 0.29) is 5.56 Å². The van der Waals surface area contributed by atoms with Crippen LogP contribution >= 0.6 is 39.7 Å². The molecule has 1 heterocycles. The summed E-state index contributed by atoms with van der Waals surface area (Å²) in [4.78, 5) is 18.6. The van der Waals surface area contributed by atoms with Crippen molar-refractivity contribution in [1.82, 2.24) is 9.55 Å². The average Bonchev–Trinajstić information content (AvgIpc) is 2.76. The van der Waals surface area contributed by atoms with E-state index >= 15 is 0 Å². The summed E-state index contributed by atoms with van der Waals surface area (Å²) in [6.07, 6.45) is 0.515. The van der Waals surface area contributed by atoms with Crippen molar-refractivity contribution in [2.24, 2.45) is 0 Å². The maximum atomic E-state index is 13.3. The first kappa shape index (κ1) is 22.5. The molecule has 162 valence electrons. The molecule has 1 aromatic heterocycles. The van der Waals surface area contributed by atoms with Gasteiger partial charge in [-0.2, -0.15) is 0 Å². The highest BCUT2D eigenvalue weighted by Crippen LogP contribution is 2.26. The molecule has 8 heteroatoms. The number of fused-ring (bicyclic) bond motifs is 1. The summed E-state index contributed by atoms with van der Waals surface area (Å²) >= 11 is 15.0. The van der Waals surface area contributed by atoms with Crippen molar-refractivity contribution in [3.8, 4) is 11.4 Å². The number of anilines is 1. The number of para-hydroxylation sites is 1. The molecule has 3 aromatic carbocycles. The molecule has 0 radical (unpaired) electrons. The quantitative estimate of drug-likeness (QED) is 0.317. The Morgan fingerprint density at radius 3 is 2.72 bits per heavy atom. The average molecular weight is 529 g/mol.